The molecule has 4 rings (SSSR count). The topological polar surface area (TPSA) is 82.2 Å². The van der Waals surface area contributed by atoms with Crippen molar-refractivity contribution in [3.05, 3.63) is 54.2 Å². The van der Waals surface area contributed by atoms with Gasteiger partial charge in [0.15, 0.2) is 0 Å². The zero-order valence-corrected chi connectivity index (χ0v) is 17.3. The maximum Gasteiger partial charge on any atom is 0.319 e. The molecule has 0 spiro atoms. The van der Waals surface area contributed by atoms with E-state index in [0.717, 1.165) is 41.1 Å². The molecule has 1 aliphatic heterocycles. The highest BCUT2D eigenvalue weighted by atomic mass is 16.2. The van der Waals surface area contributed by atoms with Gasteiger partial charge < -0.3 is 20.9 Å². The SMILES string of the molecule is Cc1cc(N2CCCCC2)nc(NCCNC(=O)Nc2ccc3ccccc3c2)n1. The minimum atomic E-state index is -0.230. The summed E-state index contributed by atoms with van der Waals surface area (Å²) < 4.78 is 0. The number of piperidine rings is 1. The second-order valence-electron chi connectivity index (χ2n) is 7.61. The molecule has 7 heteroatoms. The molecule has 2 amide bonds. The first-order chi connectivity index (χ1) is 14.7. The molecule has 0 bridgehead atoms. The van der Waals surface area contributed by atoms with Crippen molar-refractivity contribution >= 4 is 34.3 Å². The van der Waals surface area contributed by atoms with Gasteiger partial charge in [-0.05, 0) is 49.1 Å². The van der Waals surface area contributed by atoms with E-state index >= 15 is 0 Å². The Kier molecular flexibility index (Phi) is 6.27. The number of amides is 2. The van der Waals surface area contributed by atoms with E-state index in [1.54, 1.807) is 0 Å². The summed E-state index contributed by atoms with van der Waals surface area (Å²) in [4.78, 5) is 23.6. The zero-order valence-electron chi connectivity index (χ0n) is 17.3. The van der Waals surface area contributed by atoms with Crippen LogP contribution in [0.3, 0.4) is 0 Å². The Labute approximate surface area is 176 Å². The summed E-state index contributed by atoms with van der Waals surface area (Å²) in [6.45, 7) is 5.10. The van der Waals surface area contributed by atoms with Gasteiger partial charge in [0, 0.05) is 43.6 Å². The third-order valence-electron chi connectivity index (χ3n) is 5.22. The Morgan fingerprint density at radius 2 is 1.77 bits per heavy atom. The Morgan fingerprint density at radius 3 is 2.60 bits per heavy atom. The van der Waals surface area contributed by atoms with E-state index in [1.165, 1.54) is 19.3 Å². The van der Waals surface area contributed by atoms with Crippen molar-refractivity contribution in [3.8, 4) is 0 Å². The summed E-state index contributed by atoms with van der Waals surface area (Å²) >= 11 is 0. The number of carbonyl (C=O) groups excluding carboxylic acids is 1. The summed E-state index contributed by atoms with van der Waals surface area (Å²) in [7, 11) is 0. The highest BCUT2D eigenvalue weighted by molar-refractivity contribution is 5.93. The molecule has 0 unspecified atom stereocenters. The van der Waals surface area contributed by atoms with Crippen molar-refractivity contribution in [1.82, 2.24) is 15.3 Å². The average molecular weight is 405 g/mol. The molecule has 3 N–H and O–H groups in total. The highest BCUT2D eigenvalue weighted by Gasteiger charge is 2.13. The maximum atomic E-state index is 12.2. The fourth-order valence-corrected chi connectivity index (χ4v) is 3.71. The molecular weight excluding hydrogens is 376 g/mol. The van der Waals surface area contributed by atoms with E-state index in [2.05, 4.69) is 36.9 Å². The van der Waals surface area contributed by atoms with Gasteiger partial charge in [0.1, 0.15) is 5.82 Å². The minimum Gasteiger partial charge on any atom is -0.356 e. The van der Waals surface area contributed by atoms with Crippen molar-refractivity contribution in [2.75, 3.05) is 41.7 Å². The smallest absolute Gasteiger partial charge is 0.319 e. The first-order valence-electron chi connectivity index (χ1n) is 10.6. The van der Waals surface area contributed by atoms with Gasteiger partial charge >= 0.3 is 6.03 Å². The van der Waals surface area contributed by atoms with Crippen LogP contribution in [0.2, 0.25) is 0 Å². The molecular formula is C23H28N6O. The van der Waals surface area contributed by atoms with Crippen LogP contribution in [0.5, 0.6) is 0 Å². The zero-order chi connectivity index (χ0) is 20.8. The summed E-state index contributed by atoms with van der Waals surface area (Å²) in [5.41, 5.74) is 1.71. The lowest BCUT2D eigenvalue weighted by molar-refractivity contribution is 0.252. The lowest BCUT2D eigenvalue weighted by Gasteiger charge is -2.28. The molecule has 0 saturated carbocycles. The lowest BCUT2D eigenvalue weighted by atomic mass is 10.1. The van der Waals surface area contributed by atoms with E-state index in [9.17, 15) is 4.79 Å². The standard InChI is InChI=1S/C23H28N6O/c1-17-15-21(29-13-5-2-6-14-29)28-22(26-17)24-11-12-25-23(30)27-20-10-9-18-7-3-4-8-19(18)16-20/h3-4,7-10,15-16H,2,5-6,11-14H2,1H3,(H,24,26,28)(H2,25,27,30). The summed E-state index contributed by atoms with van der Waals surface area (Å²) in [5.74, 6) is 1.58. The lowest BCUT2D eigenvalue weighted by Crippen LogP contribution is -2.33. The number of hydrogen-bond donors (Lipinski definition) is 3. The molecule has 0 atom stereocenters. The molecule has 1 aromatic heterocycles. The van der Waals surface area contributed by atoms with Crippen molar-refractivity contribution < 1.29 is 4.79 Å². The van der Waals surface area contributed by atoms with Gasteiger partial charge in [0.25, 0.3) is 0 Å². The molecule has 156 valence electrons. The van der Waals surface area contributed by atoms with Crippen LogP contribution < -0.4 is 20.9 Å². The first-order valence-corrected chi connectivity index (χ1v) is 10.6. The summed E-state index contributed by atoms with van der Waals surface area (Å²) in [5, 5.41) is 11.2. The molecule has 7 nitrogen and oxygen atoms in total. The fourth-order valence-electron chi connectivity index (χ4n) is 3.71. The van der Waals surface area contributed by atoms with E-state index in [1.807, 2.05) is 49.4 Å². The number of fused-ring (bicyclic) bond motifs is 1. The molecule has 0 aliphatic carbocycles. The predicted molar refractivity (Wildman–Crippen MR) is 122 cm³/mol. The fraction of sp³-hybridized carbons (Fsp3) is 0.348. The molecule has 2 heterocycles. The van der Waals surface area contributed by atoms with Gasteiger partial charge in [0.05, 0.1) is 0 Å². The van der Waals surface area contributed by atoms with Crippen molar-refractivity contribution in [2.45, 2.75) is 26.2 Å². The number of benzene rings is 2. The van der Waals surface area contributed by atoms with E-state index < -0.39 is 0 Å². The summed E-state index contributed by atoms with van der Waals surface area (Å²) in [6.07, 6.45) is 3.71. The molecule has 3 aromatic rings. The third kappa shape index (κ3) is 5.17. The van der Waals surface area contributed by atoms with E-state index in [0.29, 0.717) is 19.0 Å². The van der Waals surface area contributed by atoms with Crippen LogP contribution in [-0.2, 0) is 0 Å². The number of nitrogens with one attached hydrogen (secondary N) is 3. The number of aromatic nitrogens is 2. The van der Waals surface area contributed by atoms with Gasteiger partial charge in [-0.1, -0.05) is 30.3 Å². The van der Waals surface area contributed by atoms with Gasteiger partial charge in [-0.25, -0.2) is 9.78 Å². The molecule has 0 radical (unpaired) electrons. The molecule has 1 saturated heterocycles. The third-order valence-corrected chi connectivity index (χ3v) is 5.22. The van der Waals surface area contributed by atoms with Gasteiger partial charge in [-0.2, -0.15) is 4.98 Å². The van der Waals surface area contributed by atoms with Gasteiger partial charge in [-0.15, -0.1) is 0 Å². The normalized spacial score (nSPS) is 13.8. The largest absolute Gasteiger partial charge is 0.356 e. The van der Waals surface area contributed by atoms with Crippen LogP contribution in [0.4, 0.5) is 22.2 Å². The van der Waals surface area contributed by atoms with Crippen molar-refractivity contribution in [3.63, 3.8) is 0 Å². The minimum absolute atomic E-state index is 0.230. The Bertz CT molecular complexity index is 1020. The molecule has 30 heavy (non-hydrogen) atoms. The van der Waals surface area contributed by atoms with Crippen LogP contribution in [0.1, 0.15) is 25.0 Å². The number of rotatable bonds is 6. The van der Waals surface area contributed by atoms with Gasteiger partial charge in [-0.3, -0.25) is 0 Å². The number of urea groups is 1. The number of nitrogens with zero attached hydrogens (tertiary/aromatic N) is 3. The quantitative estimate of drug-likeness (QED) is 0.538. The second kappa shape index (κ2) is 9.43. The Hall–Kier alpha value is -3.35. The van der Waals surface area contributed by atoms with Gasteiger partial charge in [0.2, 0.25) is 5.95 Å². The maximum absolute atomic E-state index is 12.2. The Balaban J connectivity index is 1.26. The average Bonchev–Trinajstić information content (AvgIpc) is 2.77. The highest BCUT2D eigenvalue weighted by Crippen LogP contribution is 2.20. The van der Waals surface area contributed by atoms with Crippen LogP contribution in [0.25, 0.3) is 10.8 Å². The predicted octanol–water partition coefficient (Wildman–Crippen LogP) is 4.16. The molecule has 1 aliphatic rings. The monoisotopic (exact) mass is 404 g/mol. The van der Waals surface area contributed by atoms with Crippen LogP contribution in [-0.4, -0.2) is 42.2 Å². The number of hydrogen-bond acceptors (Lipinski definition) is 5. The second-order valence-corrected chi connectivity index (χ2v) is 7.61. The van der Waals surface area contributed by atoms with Crippen molar-refractivity contribution in [1.29, 1.82) is 0 Å². The van der Waals surface area contributed by atoms with Crippen LogP contribution in [0.15, 0.2) is 48.5 Å². The van der Waals surface area contributed by atoms with Crippen LogP contribution >= 0.6 is 0 Å². The van der Waals surface area contributed by atoms with E-state index in [-0.39, 0.29) is 6.03 Å². The van der Waals surface area contributed by atoms with E-state index in [4.69, 9.17) is 0 Å². The molecule has 1 fully saturated rings. The first kappa shape index (κ1) is 19.9. The number of aryl methyl sites for hydroxylation is 1. The van der Waals surface area contributed by atoms with Crippen molar-refractivity contribution in [2.24, 2.45) is 0 Å². The van der Waals surface area contributed by atoms with Crippen LogP contribution in [0, 0.1) is 6.92 Å². The number of carbonyl (C=O) groups is 1. The molecule has 2 aromatic carbocycles. The number of anilines is 3. The summed E-state index contributed by atoms with van der Waals surface area (Å²) in [6, 6.07) is 15.7. The Morgan fingerprint density at radius 1 is 0.967 bits per heavy atom.